The summed E-state index contributed by atoms with van der Waals surface area (Å²) in [6.45, 7) is 0. The molecule has 2 aromatic heterocycles. The van der Waals surface area contributed by atoms with Gasteiger partial charge >= 0.3 is 0 Å². The molecule has 0 unspecified atom stereocenters. The van der Waals surface area contributed by atoms with E-state index in [-0.39, 0.29) is 0 Å². The standard InChI is InChI=1S/C12H5Br2N3S/c13-7-4-9(18-11(7)14)12-16-8-3-1-2-6(5-15)10(8)17-12/h1-4H,(H,16,17). The zero-order valence-corrected chi connectivity index (χ0v) is 12.9. The number of hydrogen-bond donors (Lipinski definition) is 1. The zero-order valence-electron chi connectivity index (χ0n) is 8.87. The summed E-state index contributed by atoms with van der Waals surface area (Å²) in [7, 11) is 0. The normalized spacial score (nSPS) is 10.7. The van der Waals surface area contributed by atoms with Crippen LogP contribution in [0.2, 0.25) is 0 Å². The number of rotatable bonds is 1. The molecule has 0 aliphatic rings. The predicted molar refractivity (Wildman–Crippen MR) is 79.5 cm³/mol. The first kappa shape index (κ1) is 11.9. The average Bonchev–Trinajstić information content (AvgIpc) is 2.93. The Balaban J connectivity index is 2.23. The summed E-state index contributed by atoms with van der Waals surface area (Å²) in [4.78, 5) is 8.75. The van der Waals surface area contributed by atoms with Gasteiger partial charge in [-0.1, -0.05) is 6.07 Å². The van der Waals surface area contributed by atoms with Crippen LogP contribution in [0.15, 0.2) is 32.5 Å². The summed E-state index contributed by atoms with van der Waals surface area (Å²) in [5.74, 6) is 0.782. The van der Waals surface area contributed by atoms with Crippen molar-refractivity contribution in [2.75, 3.05) is 0 Å². The van der Waals surface area contributed by atoms with Gasteiger partial charge in [-0.25, -0.2) is 4.98 Å². The molecular weight excluding hydrogens is 378 g/mol. The summed E-state index contributed by atoms with van der Waals surface area (Å²) >= 11 is 8.51. The molecule has 0 aliphatic carbocycles. The van der Waals surface area contributed by atoms with Gasteiger partial charge in [0.2, 0.25) is 0 Å². The summed E-state index contributed by atoms with van der Waals surface area (Å²) < 4.78 is 2.03. The van der Waals surface area contributed by atoms with Crippen LogP contribution >= 0.6 is 43.2 Å². The number of H-pyrrole nitrogens is 1. The van der Waals surface area contributed by atoms with Crippen LogP contribution in [-0.2, 0) is 0 Å². The largest absolute Gasteiger partial charge is 0.337 e. The SMILES string of the molecule is N#Cc1cccc2[nH]c(-c3cc(Br)c(Br)s3)nc12. The number of aromatic amines is 1. The third-order valence-electron chi connectivity index (χ3n) is 2.51. The van der Waals surface area contributed by atoms with Gasteiger partial charge in [0.15, 0.2) is 0 Å². The fraction of sp³-hybridized carbons (Fsp3) is 0. The first-order valence-corrected chi connectivity index (χ1v) is 7.43. The number of aromatic nitrogens is 2. The highest BCUT2D eigenvalue weighted by atomic mass is 79.9. The first-order valence-electron chi connectivity index (χ1n) is 5.03. The van der Waals surface area contributed by atoms with Crippen LogP contribution in [0.5, 0.6) is 0 Å². The van der Waals surface area contributed by atoms with Crippen LogP contribution in [0, 0.1) is 11.3 Å². The fourth-order valence-electron chi connectivity index (χ4n) is 1.70. The lowest BCUT2D eigenvalue weighted by Gasteiger charge is -1.88. The second-order valence-corrected chi connectivity index (χ2v) is 6.86. The number of hydrogen-bond acceptors (Lipinski definition) is 3. The second-order valence-electron chi connectivity index (χ2n) is 3.63. The maximum atomic E-state index is 9.05. The van der Waals surface area contributed by atoms with Gasteiger partial charge in [0.1, 0.15) is 17.4 Å². The Kier molecular flexibility index (Phi) is 2.98. The highest BCUT2D eigenvalue weighted by Gasteiger charge is 2.12. The summed E-state index contributed by atoms with van der Waals surface area (Å²) in [5.41, 5.74) is 2.19. The molecule has 0 fully saturated rings. The van der Waals surface area contributed by atoms with Crippen LogP contribution in [0.1, 0.15) is 5.56 Å². The summed E-state index contributed by atoms with van der Waals surface area (Å²) in [6, 6.07) is 9.69. The first-order chi connectivity index (χ1) is 8.69. The van der Waals surface area contributed by atoms with Crippen molar-refractivity contribution in [1.29, 1.82) is 5.26 Å². The summed E-state index contributed by atoms with van der Waals surface area (Å²) in [6.07, 6.45) is 0. The number of thiophene rings is 1. The average molecular weight is 383 g/mol. The maximum absolute atomic E-state index is 9.05. The molecule has 0 saturated carbocycles. The monoisotopic (exact) mass is 381 g/mol. The van der Waals surface area contributed by atoms with E-state index in [2.05, 4.69) is 47.9 Å². The van der Waals surface area contributed by atoms with Crippen molar-refractivity contribution in [2.45, 2.75) is 0 Å². The Bertz CT molecular complexity index is 763. The smallest absolute Gasteiger partial charge is 0.148 e. The topological polar surface area (TPSA) is 52.5 Å². The van der Waals surface area contributed by atoms with Crippen LogP contribution in [0.25, 0.3) is 21.7 Å². The molecule has 2 heterocycles. The van der Waals surface area contributed by atoms with Crippen LogP contribution in [0.3, 0.4) is 0 Å². The van der Waals surface area contributed by atoms with Crippen molar-refractivity contribution in [3.8, 4) is 16.8 Å². The number of para-hydroxylation sites is 1. The molecular formula is C12H5Br2N3S. The van der Waals surface area contributed by atoms with Crippen LogP contribution in [-0.4, -0.2) is 9.97 Å². The number of nitriles is 1. The minimum Gasteiger partial charge on any atom is -0.337 e. The van der Waals surface area contributed by atoms with Crippen molar-refractivity contribution in [1.82, 2.24) is 9.97 Å². The van der Waals surface area contributed by atoms with Gasteiger partial charge < -0.3 is 4.98 Å². The van der Waals surface area contributed by atoms with Crippen molar-refractivity contribution in [2.24, 2.45) is 0 Å². The van der Waals surface area contributed by atoms with E-state index in [4.69, 9.17) is 5.26 Å². The van der Waals surface area contributed by atoms with Gasteiger partial charge in [-0.2, -0.15) is 5.26 Å². The van der Waals surface area contributed by atoms with Crippen LogP contribution in [0.4, 0.5) is 0 Å². The molecule has 88 valence electrons. The van der Waals surface area contributed by atoms with E-state index >= 15 is 0 Å². The lowest BCUT2D eigenvalue weighted by Crippen LogP contribution is -1.76. The minimum atomic E-state index is 0.588. The molecule has 6 heteroatoms. The van der Waals surface area contributed by atoms with E-state index in [0.717, 1.165) is 30.0 Å². The molecule has 3 aromatic rings. The van der Waals surface area contributed by atoms with Crippen LogP contribution < -0.4 is 0 Å². The lowest BCUT2D eigenvalue weighted by atomic mass is 10.2. The van der Waals surface area contributed by atoms with Gasteiger partial charge in [0.25, 0.3) is 0 Å². The molecule has 0 aliphatic heterocycles. The van der Waals surface area contributed by atoms with E-state index in [1.54, 1.807) is 17.4 Å². The Morgan fingerprint density at radius 3 is 2.83 bits per heavy atom. The van der Waals surface area contributed by atoms with Gasteiger partial charge in [-0.05, 0) is 50.1 Å². The quantitative estimate of drug-likeness (QED) is 0.663. The van der Waals surface area contributed by atoms with Gasteiger partial charge in [0.05, 0.1) is 19.7 Å². The molecule has 0 atom stereocenters. The van der Waals surface area contributed by atoms with Gasteiger partial charge in [0, 0.05) is 4.47 Å². The molecule has 0 saturated heterocycles. The Morgan fingerprint density at radius 2 is 2.17 bits per heavy atom. The van der Waals surface area contributed by atoms with Gasteiger partial charge in [-0.3, -0.25) is 0 Å². The van der Waals surface area contributed by atoms with Crippen molar-refractivity contribution in [3.63, 3.8) is 0 Å². The number of benzene rings is 1. The molecule has 0 spiro atoms. The number of imidazole rings is 1. The van der Waals surface area contributed by atoms with Gasteiger partial charge in [-0.15, -0.1) is 11.3 Å². The fourth-order valence-corrected chi connectivity index (χ4v) is 3.68. The number of halogens is 2. The number of fused-ring (bicyclic) bond motifs is 1. The predicted octanol–water partition coefficient (Wildman–Crippen LogP) is 4.69. The molecule has 18 heavy (non-hydrogen) atoms. The number of nitrogens with one attached hydrogen (secondary N) is 1. The van der Waals surface area contributed by atoms with E-state index < -0.39 is 0 Å². The highest BCUT2D eigenvalue weighted by Crippen LogP contribution is 2.37. The molecule has 1 N–H and O–H groups in total. The number of nitrogens with zero attached hydrogens (tertiary/aromatic N) is 2. The third-order valence-corrected chi connectivity index (χ3v) is 5.77. The Hall–Kier alpha value is -1.16. The highest BCUT2D eigenvalue weighted by molar-refractivity contribution is 9.13. The molecule has 0 amide bonds. The molecule has 3 nitrogen and oxygen atoms in total. The second kappa shape index (κ2) is 4.50. The Morgan fingerprint density at radius 1 is 1.33 bits per heavy atom. The van der Waals surface area contributed by atoms with E-state index in [0.29, 0.717) is 5.56 Å². The van der Waals surface area contributed by atoms with Crippen molar-refractivity contribution in [3.05, 3.63) is 38.1 Å². The van der Waals surface area contributed by atoms with E-state index in [9.17, 15) is 0 Å². The van der Waals surface area contributed by atoms with E-state index in [1.807, 2.05) is 18.2 Å². The third kappa shape index (κ3) is 1.88. The molecule has 1 aromatic carbocycles. The minimum absolute atomic E-state index is 0.588. The zero-order chi connectivity index (χ0) is 12.7. The lowest BCUT2D eigenvalue weighted by molar-refractivity contribution is 1.35. The van der Waals surface area contributed by atoms with Crippen molar-refractivity contribution >= 4 is 54.2 Å². The van der Waals surface area contributed by atoms with E-state index in [1.165, 1.54) is 0 Å². The summed E-state index contributed by atoms with van der Waals surface area (Å²) in [5, 5.41) is 9.05. The molecule has 3 rings (SSSR count). The molecule has 0 radical (unpaired) electrons. The van der Waals surface area contributed by atoms with Crippen molar-refractivity contribution < 1.29 is 0 Å². The molecule has 0 bridgehead atoms. The Labute approximate surface area is 124 Å². The maximum Gasteiger partial charge on any atom is 0.148 e.